The van der Waals surface area contributed by atoms with Gasteiger partial charge in [-0.1, -0.05) is 41.4 Å². The third-order valence-electron chi connectivity index (χ3n) is 3.26. The monoisotopic (exact) mass is 347 g/mol. The molecule has 5 nitrogen and oxygen atoms in total. The predicted octanol–water partition coefficient (Wildman–Crippen LogP) is 3.02. The molecular weight excluding hydrogens is 337 g/mol. The van der Waals surface area contributed by atoms with E-state index >= 15 is 0 Å². The fraction of sp³-hybridized carbons (Fsp3) is 0.0625. The average molecular weight is 348 g/mol. The maximum Gasteiger partial charge on any atom is 0.280 e. The predicted molar refractivity (Wildman–Crippen MR) is 90.5 cm³/mol. The molecule has 2 aromatic carbocycles. The van der Waals surface area contributed by atoms with Crippen LogP contribution in [0.4, 0.5) is 0 Å². The van der Waals surface area contributed by atoms with E-state index in [1.165, 1.54) is 6.33 Å². The molecule has 0 radical (unpaired) electrons. The van der Waals surface area contributed by atoms with Gasteiger partial charge >= 0.3 is 0 Å². The first-order valence-corrected chi connectivity index (χ1v) is 7.50. The Bertz CT molecular complexity index is 953. The van der Waals surface area contributed by atoms with Crippen LogP contribution in [0.2, 0.25) is 10.0 Å². The van der Waals surface area contributed by atoms with Crippen LogP contribution in [0.3, 0.4) is 0 Å². The second-order valence-electron chi connectivity index (χ2n) is 4.90. The van der Waals surface area contributed by atoms with E-state index < -0.39 is 0 Å². The third-order valence-corrected chi connectivity index (χ3v) is 4.00. The number of carbonyl (C=O) groups is 1. The third kappa shape index (κ3) is 3.36. The summed E-state index contributed by atoms with van der Waals surface area (Å²) < 4.78 is 1.07. The molecule has 1 N–H and O–H groups in total. The molecule has 0 aliphatic heterocycles. The Kier molecular flexibility index (Phi) is 4.32. The molecule has 0 saturated carbocycles. The van der Waals surface area contributed by atoms with Crippen molar-refractivity contribution in [2.24, 2.45) is 0 Å². The number of para-hydroxylation sites is 1. The van der Waals surface area contributed by atoms with Gasteiger partial charge in [0, 0.05) is 0 Å². The molecule has 1 heterocycles. The van der Waals surface area contributed by atoms with Gasteiger partial charge in [-0.2, -0.15) is 0 Å². The summed E-state index contributed by atoms with van der Waals surface area (Å²) in [5.41, 5.74) is 3.45. The maximum atomic E-state index is 12.3. The highest BCUT2D eigenvalue weighted by Gasteiger charge is 2.09. The number of halogens is 2. The number of hydrogen-bond donors (Lipinski definition) is 1. The minimum absolute atomic E-state index is 0.0656. The quantitative estimate of drug-likeness (QED) is 0.791. The molecule has 0 bridgehead atoms. The Hall–Kier alpha value is -2.37. The van der Waals surface area contributed by atoms with Crippen molar-refractivity contribution < 1.29 is 4.79 Å². The van der Waals surface area contributed by atoms with E-state index in [4.69, 9.17) is 23.2 Å². The van der Waals surface area contributed by atoms with Gasteiger partial charge in [0.15, 0.2) is 0 Å². The van der Waals surface area contributed by atoms with E-state index in [2.05, 4.69) is 10.4 Å². The SMILES string of the molecule is O=C(Cc1ccc(Cl)c(Cl)c1)Nn1cnc2ccccc2c1=O. The van der Waals surface area contributed by atoms with Crippen molar-refractivity contribution in [2.45, 2.75) is 6.42 Å². The van der Waals surface area contributed by atoms with Gasteiger partial charge in [0.2, 0.25) is 5.91 Å². The van der Waals surface area contributed by atoms with Crippen LogP contribution in [-0.2, 0) is 11.2 Å². The first kappa shape index (κ1) is 15.5. The molecule has 116 valence electrons. The molecule has 0 saturated heterocycles. The zero-order valence-electron chi connectivity index (χ0n) is 11.8. The van der Waals surface area contributed by atoms with Crippen molar-refractivity contribution in [3.63, 3.8) is 0 Å². The lowest BCUT2D eigenvalue weighted by Crippen LogP contribution is -2.34. The van der Waals surface area contributed by atoms with Crippen LogP contribution in [-0.4, -0.2) is 15.6 Å². The fourth-order valence-corrected chi connectivity index (χ4v) is 2.48. The van der Waals surface area contributed by atoms with Crippen molar-refractivity contribution >= 4 is 40.0 Å². The summed E-state index contributed by atoms with van der Waals surface area (Å²) in [5, 5.41) is 1.23. The first-order chi connectivity index (χ1) is 11.0. The largest absolute Gasteiger partial charge is 0.280 e. The molecule has 1 aromatic heterocycles. The van der Waals surface area contributed by atoms with Crippen LogP contribution < -0.4 is 11.0 Å². The van der Waals surface area contributed by atoms with Gasteiger partial charge in [-0.15, -0.1) is 0 Å². The highest BCUT2D eigenvalue weighted by atomic mass is 35.5. The molecule has 0 aliphatic rings. The molecule has 0 atom stereocenters. The Morgan fingerprint density at radius 2 is 1.91 bits per heavy atom. The second-order valence-corrected chi connectivity index (χ2v) is 5.71. The van der Waals surface area contributed by atoms with Crippen molar-refractivity contribution in [1.82, 2.24) is 9.66 Å². The number of nitrogens with zero attached hydrogens (tertiary/aromatic N) is 2. The van der Waals surface area contributed by atoms with Crippen LogP contribution in [0.25, 0.3) is 10.9 Å². The van der Waals surface area contributed by atoms with Crippen LogP contribution in [0, 0.1) is 0 Å². The zero-order chi connectivity index (χ0) is 16.4. The van der Waals surface area contributed by atoms with Crippen molar-refractivity contribution in [3.8, 4) is 0 Å². The normalized spacial score (nSPS) is 10.7. The summed E-state index contributed by atoms with van der Waals surface area (Å²) in [6.07, 6.45) is 1.35. The first-order valence-electron chi connectivity index (χ1n) is 6.75. The molecule has 23 heavy (non-hydrogen) atoms. The van der Waals surface area contributed by atoms with E-state index in [1.54, 1.807) is 42.5 Å². The number of amides is 1. The van der Waals surface area contributed by atoms with Gasteiger partial charge in [-0.05, 0) is 29.8 Å². The van der Waals surface area contributed by atoms with Gasteiger partial charge < -0.3 is 0 Å². The lowest BCUT2D eigenvalue weighted by Gasteiger charge is -2.09. The van der Waals surface area contributed by atoms with E-state index in [9.17, 15) is 9.59 Å². The standard InChI is InChI=1S/C16H11Cl2N3O2/c17-12-6-5-10(7-13(12)18)8-15(22)20-21-9-19-14-4-2-1-3-11(14)16(21)23/h1-7,9H,8H2,(H,20,22). The highest BCUT2D eigenvalue weighted by Crippen LogP contribution is 2.22. The number of rotatable bonds is 3. The molecule has 1 amide bonds. The van der Waals surface area contributed by atoms with Gasteiger partial charge in [0.05, 0.1) is 27.4 Å². The summed E-state index contributed by atoms with van der Waals surface area (Å²) in [6, 6.07) is 11.9. The number of carbonyl (C=O) groups excluding carboxylic acids is 1. The Morgan fingerprint density at radius 1 is 1.13 bits per heavy atom. The van der Waals surface area contributed by atoms with Gasteiger partial charge in [0.1, 0.15) is 6.33 Å². The van der Waals surface area contributed by atoms with Crippen molar-refractivity contribution in [1.29, 1.82) is 0 Å². The number of aromatic nitrogens is 2. The highest BCUT2D eigenvalue weighted by molar-refractivity contribution is 6.42. The minimum atomic E-state index is -0.359. The number of nitrogens with one attached hydrogen (secondary N) is 1. The minimum Gasteiger partial charge on any atom is -0.273 e. The van der Waals surface area contributed by atoms with Crippen molar-refractivity contribution in [2.75, 3.05) is 5.43 Å². The lowest BCUT2D eigenvalue weighted by atomic mass is 10.1. The number of benzene rings is 2. The molecule has 0 fully saturated rings. The number of fused-ring (bicyclic) bond motifs is 1. The smallest absolute Gasteiger partial charge is 0.273 e. The van der Waals surface area contributed by atoms with Crippen LogP contribution in [0.1, 0.15) is 5.56 Å². The second kappa shape index (κ2) is 6.40. The Labute approximate surface area is 141 Å². The zero-order valence-corrected chi connectivity index (χ0v) is 13.3. The summed E-state index contributed by atoms with van der Waals surface area (Å²) >= 11 is 11.8. The van der Waals surface area contributed by atoms with E-state index in [0.29, 0.717) is 26.5 Å². The van der Waals surface area contributed by atoms with Crippen molar-refractivity contribution in [3.05, 3.63) is 74.8 Å². The van der Waals surface area contributed by atoms with Crippen LogP contribution in [0.5, 0.6) is 0 Å². The Balaban J connectivity index is 1.81. The molecule has 7 heteroatoms. The summed E-state index contributed by atoms with van der Waals surface area (Å²) in [5.74, 6) is -0.359. The summed E-state index contributed by atoms with van der Waals surface area (Å²) in [7, 11) is 0. The summed E-state index contributed by atoms with van der Waals surface area (Å²) in [4.78, 5) is 28.5. The molecule has 3 rings (SSSR count). The van der Waals surface area contributed by atoms with E-state index in [-0.39, 0.29) is 17.9 Å². The average Bonchev–Trinajstić information content (AvgIpc) is 2.54. The Morgan fingerprint density at radius 3 is 2.70 bits per heavy atom. The van der Waals surface area contributed by atoms with Gasteiger partial charge in [-0.25, -0.2) is 9.66 Å². The van der Waals surface area contributed by atoms with Crippen LogP contribution >= 0.6 is 23.2 Å². The number of hydrogen-bond acceptors (Lipinski definition) is 3. The topological polar surface area (TPSA) is 64.0 Å². The van der Waals surface area contributed by atoms with Crippen LogP contribution in [0.15, 0.2) is 53.6 Å². The van der Waals surface area contributed by atoms with Gasteiger partial charge in [0.25, 0.3) is 5.56 Å². The van der Waals surface area contributed by atoms with E-state index in [1.807, 2.05) is 0 Å². The molecular formula is C16H11Cl2N3O2. The lowest BCUT2D eigenvalue weighted by molar-refractivity contribution is -0.116. The molecule has 0 spiro atoms. The summed E-state index contributed by atoms with van der Waals surface area (Å²) in [6.45, 7) is 0. The van der Waals surface area contributed by atoms with E-state index in [0.717, 1.165) is 4.68 Å². The molecule has 0 aliphatic carbocycles. The maximum absolute atomic E-state index is 12.3. The fourth-order valence-electron chi connectivity index (χ4n) is 2.16. The van der Waals surface area contributed by atoms with Gasteiger partial charge in [-0.3, -0.25) is 15.0 Å². The molecule has 3 aromatic rings. The molecule has 0 unspecified atom stereocenters.